The van der Waals surface area contributed by atoms with Crippen LogP contribution in [0.2, 0.25) is 0 Å². The number of thiophene rings is 1. The van der Waals surface area contributed by atoms with Crippen LogP contribution >= 0.6 is 11.3 Å². The first-order chi connectivity index (χ1) is 11.2. The zero-order chi connectivity index (χ0) is 15.8. The molecular formula is C18H18N2O2S. The van der Waals surface area contributed by atoms with Crippen LogP contribution in [0.25, 0.3) is 0 Å². The first kappa shape index (κ1) is 14.5. The molecule has 0 unspecified atom stereocenters. The van der Waals surface area contributed by atoms with E-state index in [0.717, 1.165) is 36.2 Å². The molecule has 0 spiro atoms. The summed E-state index contributed by atoms with van der Waals surface area (Å²) < 4.78 is 0. The van der Waals surface area contributed by atoms with Crippen molar-refractivity contribution < 1.29 is 9.59 Å². The van der Waals surface area contributed by atoms with Gasteiger partial charge in [-0.05, 0) is 61.9 Å². The lowest BCUT2D eigenvalue weighted by molar-refractivity contribution is -0.117. The molecule has 2 aromatic rings. The highest BCUT2D eigenvalue weighted by atomic mass is 32.1. The zero-order valence-electron chi connectivity index (χ0n) is 12.7. The van der Waals surface area contributed by atoms with Gasteiger partial charge in [0.15, 0.2) is 0 Å². The first-order valence-corrected chi connectivity index (χ1v) is 8.84. The van der Waals surface area contributed by atoms with E-state index in [1.54, 1.807) is 17.4 Å². The van der Waals surface area contributed by atoms with Gasteiger partial charge in [-0.3, -0.25) is 9.59 Å². The third kappa shape index (κ3) is 3.15. The summed E-state index contributed by atoms with van der Waals surface area (Å²) in [7, 11) is 0. The van der Waals surface area contributed by atoms with Crippen LogP contribution in [0.15, 0.2) is 30.3 Å². The van der Waals surface area contributed by atoms with Crippen LogP contribution in [-0.4, -0.2) is 11.8 Å². The number of carbonyl (C=O) groups is 2. The zero-order valence-corrected chi connectivity index (χ0v) is 13.5. The van der Waals surface area contributed by atoms with Crippen LogP contribution in [0, 0.1) is 5.92 Å². The van der Waals surface area contributed by atoms with Crippen molar-refractivity contribution in [1.29, 1.82) is 0 Å². The summed E-state index contributed by atoms with van der Waals surface area (Å²) in [6.07, 6.45) is 5.33. The number of fused-ring (bicyclic) bond motifs is 1. The molecule has 0 atom stereocenters. The highest BCUT2D eigenvalue weighted by molar-refractivity contribution is 7.14. The van der Waals surface area contributed by atoms with E-state index in [0.29, 0.717) is 5.69 Å². The highest BCUT2D eigenvalue weighted by Crippen LogP contribution is 2.32. The summed E-state index contributed by atoms with van der Waals surface area (Å²) in [5.74, 6) is 0.167. The summed E-state index contributed by atoms with van der Waals surface area (Å²) in [6.45, 7) is 0. The van der Waals surface area contributed by atoms with Crippen LogP contribution in [0.3, 0.4) is 0 Å². The van der Waals surface area contributed by atoms with Crippen LogP contribution in [0.5, 0.6) is 0 Å². The Morgan fingerprint density at radius 3 is 2.57 bits per heavy atom. The van der Waals surface area contributed by atoms with Crippen molar-refractivity contribution in [1.82, 2.24) is 0 Å². The molecule has 1 aromatic heterocycles. The van der Waals surface area contributed by atoms with Gasteiger partial charge in [0.1, 0.15) is 0 Å². The average Bonchev–Trinajstić information content (AvgIpc) is 3.15. The lowest BCUT2D eigenvalue weighted by atomic mass is 10.2. The van der Waals surface area contributed by atoms with E-state index in [-0.39, 0.29) is 17.7 Å². The molecule has 2 aliphatic carbocycles. The lowest BCUT2D eigenvalue weighted by Crippen LogP contribution is -2.14. The Hall–Kier alpha value is -2.14. The Bertz CT molecular complexity index is 756. The van der Waals surface area contributed by atoms with E-state index in [4.69, 9.17) is 0 Å². The van der Waals surface area contributed by atoms with E-state index < -0.39 is 0 Å². The molecule has 1 fully saturated rings. The van der Waals surface area contributed by atoms with Gasteiger partial charge < -0.3 is 10.6 Å². The van der Waals surface area contributed by atoms with Gasteiger partial charge in [-0.25, -0.2) is 0 Å². The molecule has 1 aromatic carbocycles. The van der Waals surface area contributed by atoms with Gasteiger partial charge in [0.25, 0.3) is 5.91 Å². The molecule has 1 saturated carbocycles. The Balaban J connectivity index is 1.45. The van der Waals surface area contributed by atoms with Crippen molar-refractivity contribution in [2.75, 3.05) is 10.6 Å². The fourth-order valence-electron chi connectivity index (χ4n) is 2.90. The second kappa shape index (κ2) is 5.81. The fraction of sp³-hybridized carbons (Fsp3) is 0.333. The van der Waals surface area contributed by atoms with E-state index in [2.05, 4.69) is 10.6 Å². The minimum Gasteiger partial charge on any atom is -0.326 e. The number of carbonyl (C=O) groups excluding carboxylic acids is 2. The first-order valence-electron chi connectivity index (χ1n) is 8.03. The monoisotopic (exact) mass is 326 g/mol. The lowest BCUT2D eigenvalue weighted by Gasteiger charge is -2.08. The van der Waals surface area contributed by atoms with Gasteiger partial charge in [-0.1, -0.05) is 6.07 Å². The topological polar surface area (TPSA) is 58.2 Å². The molecule has 5 heteroatoms. The molecule has 23 heavy (non-hydrogen) atoms. The van der Waals surface area contributed by atoms with Crippen molar-refractivity contribution in [3.8, 4) is 0 Å². The van der Waals surface area contributed by atoms with E-state index in [9.17, 15) is 9.59 Å². The van der Waals surface area contributed by atoms with Crippen molar-refractivity contribution >= 4 is 34.5 Å². The second-order valence-corrected chi connectivity index (χ2v) is 7.35. The summed E-state index contributed by atoms with van der Waals surface area (Å²) in [5.41, 5.74) is 2.76. The SMILES string of the molecule is O=C(Nc1cccc(NC(=O)C2CC2)c1)c1cc2c(s1)CCC2. The van der Waals surface area contributed by atoms with Crippen LogP contribution in [0.1, 0.15) is 39.4 Å². The fourth-order valence-corrected chi connectivity index (χ4v) is 4.05. The molecule has 2 aliphatic rings. The van der Waals surface area contributed by atoms with Crippen molar-refractivity contribution in [3.05, 3.63) is 45.6 Å². The molecule has 4 nitrogen and oxygen atoms in total. The predicted octanol–water partition coefficient (Wildman–Crippen LogP) is 3.84. The Morgan fingerprint density at radius 1 is 1.04 bits per heavy atom. The largest absolute Gasteiger partial charge is 0.326 e. The number of amides is 2. The third-order valence-corrected chi connectivity index (χ3v) is 5.54. The molecule has 118 valence electrons. The summed E-state index contributed by atoms with van der Waals surface area (Å²) in [6, 6.07) is 9.34. The second-order valence-electron chi connectivity index (χ2n) is 6.21. The van der Waals surface area contributed by atoms with Gasteiger partial charge in [-0.15, -0.1) is 11.3 Å². The van der Waals surface area contributed by atoms with E-state index in [1.807, 2.05) is 24.3 Å². The Labute approximate surface area is 138 Å². The molecule has 1 heterocycles. The Morgan fingerprint density at radius 2 is 1.83 bits per heavy atom. The van der Waals surface area contributed by atoms with Gasteiger partial charge in [0.2, 0.25) is 5.91 Å². The maximum atomic E-state index is 12.4. The van der Waals surface area contributed by atoms with Crippen LogP contribution in [0.4, 0.5) is 11.4 Å². The normalized spacial score (nSPS) is 16.0. The molecule has 2 N–H and O–H groups in total. The highest BCUT2D eigenvalue weighted by Gasteiger charge is 2.29. The molecule has 0 radical (unpaired) electrons. The maximum Gasteiger partial charge on any atom is 0.265 e. The third-order valence-electron chi connectivity index (χ3n) is 4.31. The van der Waals surface area contributed by atoms with Gasteiger partial charge in [0.05, 0.1) is 4.88 Å². The number of anilines is 2. The smallest absolute Gasteiger partial charge is 0.265 e. The minimum absolute atomic E-state index is 0.0724. The number of hydrogen-bond donors (Lipinski definition) is 2. The van der Waals surface area contributed by atoms with E-state index in [1.165, 1.54) is 16.9 Å². The van der Waals surface area contributed by atoms with Crippen LogP contribution in [-0.2, 0) is 17.6 Å². The molecular weight excluding hydrogens is 308 g/mol. The van der Waals surface area contributed by atoms with Crippen LogP contribution < -0.4 is 10.6 Å². The van der Waals surface area contributed by atoms with Gasteiger partial charge in [-0.2, -0.15) is 0 Å². The maximum absolute atomic E-state index is 12.4. The van der Waals surface area contributed by atoms with Crippen molar-refractivity contribution in [2.45, 2.75) is 32.1 Å². The standard InChI is InChI=1S/C18H18N2O2S/c21-17(11-7-8-11)19-13-4-2-5-14(10-13)20-18(22)16-9-12-3-1-6-15(12)23-16/h2,4-5,9-11H,1,3,6-8H2,(H,19,21)(H,20,22). The van der Waals surface area contributed by atoms with E-state index >= 15 is 0 Å². The number of rotatable bonds is 4. The summed E-state index contributed by atoms with van der Waals surface area (Å²) >= 11 is 1.59. The number of nitrogens with one attached hydrogen (secondary N) is 2. The minimum atomic E-state index is -0.0740. The van der Waals surface area contributed by atoms with Crippen molar-refractivity contribution in [2.24, 2.45) is 5.92 Å². The summed E-state index contributed by atoms with van der Waals surface area (Å²) in [4.78, 5) is 26.3. The molecule has 0 aliphatic heterocycles. The summed E-state index contributed by atoms with van der Waals surface area (Å²) in [5, 5.41) is 5.83. The molecule has 0 saturated heterocycles. The molecule has 0 bridgehead atoms. The average molecular weight is 326 g/mol. The number of hydrogen-bond acceptors (Lipinski definition) is 3. The number of aryl methyl sites for hydroxylation is 2. The molecule has 2 amide bonds. The quantitative estimate of drug-likeness (QED) is 0.897. The van der Waals surface area contributed by atoms with Crippen molar-refractivity contribution in [3.63, 3.8) is 0 Å². The Kier molecular flexibility index (Phi) is 3.65. The van der Waals surface area contributed by atoms with Gasteiger partial charge >= 0.3 is 0 Å². The van der Waals surface area contributed by atoms with Gasteiger partial charge in [0, 0.05) is 22.2 Å². The molecule has 4 rings (SSSR count). The predicted molar refractivity (Wildman–Crippen MR) is 92.1 cm³/mol. The number of benzene rings is 1.